The molecule has 2 heterocycles. The van der Waals surface area contributed by atoms with Crippen molar-refractivity contribution in [2.45, 2.75) is 33.0 Å². The van der Waals surface area contributed by atoms with Crippen molar-refractivity contribution in [2.75, 3.05) is 39.9 Å². The predicted molar refractivity (Wildman–Crippen MR) is 140 cm³/mol. The number of nitrogens with one attached hydrogen (secondary N) is 2. The molecule has 0 amide bonds. The minimum Gasteiger partial charge on any atom is -0.487 e. The molecule has 1 aromatic carbocycles. The summed E-state index contributed by atoms with van der Waals surface area (Å²) in [5.74, 6) is 2.19. The molecule has 7 nitrogen and oxygen atoms in total. The Labute approximate surface area is 209 Å². The molecule has 1 aliphatic heterocycles. The lowest BCUT2D eigenvalue weighted by atomic mass is 10.0. The van der Waals surface area contributed by atoms with Crippen molar-refractivity contribution in [1.82, 2.24) is 20.5 Å². The molecule has 0 bridgehead atoms. The van der Waals surface area contributed by atoms with Gasteiger partial charge in [-0.3, -0.25) is 14.9 Å². The van der Waals surface area contributed by atoms with Gasteiger partial charge in [0.05, 0.1) is 18.9 Å². The Kier molecular flexibility index (Phi) is 11.8. The number of morpholine rings is 1. The minimum absolute atomic E-state index is 0. The van der Waals surface area contributed by atoms with Crippen molar-refractivity contribution in [2.24, 2.45) is 10.9 Å². The lowest BCUT2D eigenvalue weighted by Crippen LogP contribution is -2.52. The molecule has 2 N–H and O–H groups in total. The monoisotopic (exact) mass is 553 g/mol. The largest absolute Gasteiger partial charge is 0.487 e. The number of pyridine rings is 1. The fraction of sp³-hybridized carbons (Fsp3) is 0.500. The van der Waals surface area contributed by atoms with Gasteiger partial charge in [0.15, 0.2) is 5.96 Å². The van der Waals surface area contributed by atoms with Crippen LogP contribution in [-0.2, 0) is 17.9 Å². The summed E-state index contributed by atoms with van der Waals surface area (Å²) in [5, 5.41) is 6.91. The summed E-state index contributed by atoms with van der Waals surface area (Å²) in [6, 6.07) is 14.4. The van der Waals surface area contributed by atoms with E-state index in [1.807, 2.05) is 36.4 Å². The molecular formula is C24H36IN5O2. The number of aromatic nitrogens is 1. The summed E-state index contributed by atoms with van der Waals surface area (Å²) < 4.78 is 11.4. The third-order valence-corrected chi connectivity index (χ3v) is 5.46. The molecule has 3 rings (SSSR count). The highest BCUT2D eigenvalue weighted by Gasteiger charge is 2.23. The third kappa shape index (κ3) is 8.55. The van der Waals surface area contributed by atoms with Gasteiger partial charge < -0.3 is 20.1 Å². The summed E-state index contributed by atoms with van der Waals surface area (Å²) in [6.45, 7) is 10.1. The van der Waals surface area contributed by atoms with E-state index in [2.05, 4.69) is 45.4 Å². The highest BCUT2D eigenvalue weighted by atomic mass is 127. The molecule has 0 aliphatic carbocycles. The van der Waals surface area contributed by atoms with Gasteiger partial charge in [0.25, 0.3) is 0 Å². The lowest BCUT2D eigenvalue weighted by Gasteiger charge is -2.37. The Bertz CT molecular complexity index is 813. The summed E-state index contributed by atoms with van der Waals surface area (Å²) >= 11 is 0. The van der Waals surface area contributed by atoms with Gasteiger partial charge in [-0.1, -0.05) is 32.0 Å². The van der Waals surface area contributed by atoms with E-state index in [1.165, 1.54) is 0 Å². The topological polar surface area (TPSA) is 71.0 Å². The van der Waals surface area contributed by atoms with Gasteiger partial charge in [0.2, 0.25) is 0 Å². The predicted octanol–water partition coefficient (Wildman–Crippen LogP) is 3.30. The quantitative estimate of drug-likeness (QED) is 0.282. The normalized spacial score (nSPS) is 15.7. The molecule has 176 valence electrons. The molecule has 1 atom stereocenters. The summed E-state index contributed by atoms with van der Waals surface area (Å²) in [7, 11) is 1.81. The lowest BCUT2D eigenvalue weighted by molar-refractivity contribution is 0.00752. The number of rotatable bonds is 9. The van der Waals surface area contributed by atoms with Gasteiger partial charge >= 0.3 is 0 Å². The molecule has 1 saturated heterocycles. The maximum atomic E-state index is 5.89. The van der Waals surface area contributed by atoms with Crippen molar-refractivity contribution in [3.05, 3.63) is 59.9 Å². The first kappa shape index (κ1) is 26.3. The van der Waals surface area contributed by atoms with Crippen LogP contribution in [-0.4, -0.2) is 61.8 Å². The number of ether oxygens (including phenoxy) is 2. The second kappa shape index (κ2) is 14.3. The third-order valence-electron chi connectivity index (χ3n) is 5.46. The maximum absolute atomic E-state index is 5.89. The maximum Gasteiger partial charge on any atom is 0.191 e. The van der Waals surface area contributed by atoms with Crippen LogP contribution >= 0.6 is 24.0 Å². The fourth-order valence-corrected chi connectivity index (χ4v) is 3.69. The molecule has 8 heteroatoms. The molecule has 0 radical (unpaired) electrons. The van der Waals surface area contributed by atoms with Crippen LogP contribution in [0.5, 0.6) is 5.75 Å². The number of aliphatic imine (C=N–C) groups is 1. The van der Waals surface area contributed by atoms with Crippen LogP contribution in [0.4, 0.5) is 0 Å². The van der Waals surface area contributed by atoms with Gasteiger partial charge in [-0.25, -0.2) is 0 Å². The van der Waals surface area contributed by atoms with E-state index in [-0.39, 0.29) is 24.0 Å². The van der Waals surface area contributed by atoms with Crippen LogP contribution in [0.2, 0.25) is 0 Å². The highest BCUT2D eigenvalue weighted by molar-refractivity contribution is 14.0. The zero-order chi connectivity index (χ0) is 21.9. The van der Waals surface area contributed by atoms with Crippen molar-refractivity contribution >= 4 is 29.9 Å². The van der Waals surface area contributed by atoms with Crippen LogP contribution in [0.3, 0.4) is 0 Å². The SMILES string of the molecule is CN=C(NCc1cccc(OCc2ccccn2)c1)NCC(C(C)C)N1CCOCC1.I. The van der Waals surface area contributed by atoms with Gasteiger partial charge in [-0.15, -0.1) is 24.0 Å². The van der Waals surface area contributed by atoms with E-state index in [1.54, 1.807) is 13.2 Å². The average Bonchev–Trinajstić information content (AvgIpc) is 2.81. The second-order valence-corrected chi connectivity index (χ2v) is 8.02. The Hall–Kier alpha value is -1.91. The Morgan fingerprint density at radius 1 is 1.16 bits per heavy atom. The highest BCUT2D eigenvalue weighted by Crippen LogP contribution is 2.15. The van der Waals surface area contributed by atoms with E-state index in [4.69, 9.17) is 9.47 Å². The van der Waals surface area contributed by atoms with E-state index in [0.29, 0.717) is 25.1 Å². The molecular weight excluding hydrogens is 517 g/mol. The zero-order valence-electron chi connectivity index (χ0n) is 19.3. The van der Waals surface area contributed by atoms with Crippen LogP contribution in [0.25, 0.3) is 0 Å². The minimum atomic E-state index is 0. The average molecular weight is 553 g/mol. The van der Waals surface area contributed by atoms with E-state index < -0.39 is 0 Å². The van der Waals surface area contributed by atoms with Gasteiger partial charge in [0, 0.05) is 45.5 Å². The van der Waals surface area contributed by atoms with Crippen LogP contribution < -0.4 is 15.4 Å². The number of hydrogen-bond acceptors (Lipinski definition) is 5. The smallest absolute Gasteiger partial charge is 0.191 e. The first-order chi connectivity index (χ1) is 15.2. The molecule has 32 heavy (non-hydrogen) atoms. The van der Waals surface area contributed by atoms with Crippen molar-refractivity contribution in [3.63, 3.8) is 0 Å². The first-order valence-corrected chi connectivity index (χ1v) is 11.0. The molecule has 1 unspecified atom stereocenters. The Morgan fingerprint density at radius 2 is 1.97 bits per heavy atom. The molecule has 1 aliphatic rings. The van der Waals surface area contributed by atoms with Crippen molar-refractivity contribution in [1.29, 1.82) is 0 Å². The van der Waals surface area contributed by atoms with Gasteiger partial charge in [-0.05, 0) is 35.7 Å². The second-order valence-electron chi connectivity index (χ2n) is 8.02. The molecule has 0 spiro atoms. The van der Waals surface area contributed by atoms with Crippen molar-refractivity contribution < 1.29 is 9.47 Å². The van der Waals surface area contributed by atoms with Gasteiger partial charge in [-0.2, -0.15) is 0 Å². The van der Waals surface area contributed by atoms with Gasteiger partial charge in [0.1, 0.15) is 12.4 Å². The zero-order valence-corrected chi connectivity index (χ0v) is 21.6. The van der Waals surface area contributed by atoms with Crippen LogP contribution in [0, 0.1) is 5.92 Å². The number of hydrogen-bond donors (Lipinski definition) is 2. The first-order valence-electron chi connectivity index (χ1n) is 11.0. The summed E-state index contributed by atoms with van der Waals surface area (Å²) in [5.41, 5.74) is 2.05. The Balaban J connectivity index is 0.00000363. The van der Waals surface area contributed by atoms with E-state index in [0.717, 1.165) is 55.8 Å². The fourth-order valence-electron chi connectivity index (χ4n) is 3.69. The molecule has 1 aromatic heterocycles. The standard InChI is InChI=1S/C24H35N5O2.HI/c1-19(2)23(29-11-13-30-14-12-29)17-28-24(25-3)27-16-20-7-6-9-22(15-20)31-18-21-8-4-5-10-26-21;/h4-10,15,19,23H,11-14,16-18H2,1-3H3,(H2,25,27,28);1H. The number of halogens is 1. The summed E-state index contributed by atoms with van der Waals surface area (Å²) in [6.07, 6.45) is 1.78. The molecule has 2 aromatic rings. The molecule has 1 fully saturated rings. The summed E-state index contributed by atoms with van der Waals surface area (Å²) in [4.78, 5) is 11.2. The van der Waals surface area contributed by atoms with Crippen LogP contribution in [0.15, 0.2) is 53.7 Å². The number of guanidine groups is 1. The van der Waals surface area contributed by atoms with Crippen molar-refractivity contribution in [3.8, 4) is 5.75 Å². The van der Waals surface area contributed by atoms with E-state index >= 15 is 0 Å². The van der Waals surface area contributed by atoms with Crippen LogP contribution in [0.1, 0.15) is 25.1 Å². The number of nitrogens with zero attached hydrogens (tertiary/aromatic N) is 3. The molecule has 0 saturated carbocycles. The Morgan fingerprint density at radius 3 is 2.66 bits per heavy atom. The van der Waals surface area contributed by atoms with E-state index in [9.17, 15) is 0 Å². The number of benzene rings is 1.